The molecule has 1 saturated heterocycles. The predicted octanol–water partition coefficient (Wildman–Crippen LogP) is 3.17. The summed E-state index contributed by atoms with van der Waals surface area (Å²) in [4.78, 5) is 27.9. The van der Waals surface area contributed by atoms with Gasteiger partial charge in [0, 0.05) is 18.8 Å². The maximum absolute atomic E-state index is 13.5. The van der Waals surface area contributed by atoms with Gasteiger partial charge < -0.3 is 19.9 Å². The average molecular weight is 453 g/mol. The highest BCUT2D eigenvalue weighted by Gasteiger charge is 2.59. The lowest BCUT2D eigenvalue weighted by atomic mass is 9.75. The molecule has 0 radical (unpaired) electrons. The molecule has 0 bridgehead atoms. The molecule has 0 aromatic carbocycles. The minimum Gasteiger partial charge on any atom is -0.478 e. The zero-order chi connectivity index (χ0) is 22.9. The number of thiocarbonyl (C=S) groups is 1. The van der Waals surface area contributed by atoms with Crippen LogP contribution in [0.25, 0.3) is 0 Å². The van der Waals surface area contributed by atoms with E-state index in [1.54, 1.807) is 17.3 Å². The van der Waals surface area contributed by atoms with Gasteiger partial charge in [-0.1, -0.05) is 0 Å². The third-order valence-electron chi connectivity index (χ3n) is 6.07. The molecule has 1 spiro atoms. The molecule has 2 fully saturated rings. The zero-order valence-corrected chi connectivity index (χ0v) is 19.5. The van der Waals surface area contributed by atoms with E-state index >= 15 is 0 Å². The summed E-state index contributed by atoms with van der Waals surface area (Å²) in [5.41, 5.74) is 2.15. The Balaban J connectivity index is 1.57. The number of anilines is 2. The fraction of sp³-hybridized carbons (Fsp3) is 0.435. The van der Waals surface area contributed by atoms with Crippen LogP contribution in [0.5, 0.6) is 5.88 Å². The third-order valence-corrected chi connectivity index (χ3v) is 6.44. The minimum atomic E-state index is -0.666. The van der Waals surface area contributed by atoms with Crippen LogP contribution in [0.2, 0.25) is 0 Å². The van der Waals surface area contributed by atoms with Crippen LogP contribution in [0.1, 0.15) is 36.9 Å². The van der Waals surface area contributed by atoms with E-state index in [1.165, 1.54) is 6.21 Å². The number of carbonyl (C=O) groups excluding carboxylic acids is 1. The minimum absolute atomic E-state index is 0.0263. The number of rotatable bonds is 8. The molecule has 9 heteroatoms. The molecule has 8 nitrogen and oxygen atoms in total. The lowest BCUT2D eigenvalue weighted by Crippen LogP contribution is -2.55. The molecule has 1 saturated carbocycles. The van der Waals surface area contributed by atoms with Gasteiger partial charge in [-0.05, 0) is 76.6 Å². The summed E-state index contributed by atoms with van der Waals surface area (Å²) in [6, 6.07) is 5.60. The number of carbonyl (C=O) groups is 1. The molecule has 0 atom stereocenters. The second-order valence-electron chi connectivity index (χ2n) is 8.54. The zero-order valence-electron chi connectivity index (χ0n) is 18.7. The van der Waals surface area contributed by atoms with Gasteiger partial charge in [0.15, 0.2) is 5.11 Å². The molecule has 4 rings (SSSR count). The molecule has 1 amide bonds. The number of aryl methyl sites for hydroxylation is 1. The van der Waals surface area contributed by atoms with Crippen molar-refractivity contribution in [1.82, 2.24) is 14.9 Å². The van der Waals surface area contributed by atoms with Gasteiger partial charge >= 0.3 is 0 Å². The van der Waals surface area contributed by atoms with E-state index in [9.17, 15) is 4.79 Å². The molecular weight excluding hydrogens is 424 g/mol. The van der Waals surface area contributed by atoms with E-state index in [0.717, 1.165) is 43.5 Å². The number of pyridine rings is 2. The van der Waals surface area contributed by atoms with Crippen LogP contribution in [0, 0.1) is 12.3 Å². The standard InChI is InChI=1S/C23H28N6O2S/c1-16-12-18(15-25-19(16)13-24)28-21(30)23(8-4-9-23)29(22(28)32)17-6-7-20(26-14-17)31-11-5-10-27(2)3/h6-7,12-15,24H,4-5,8-11H2,1-3H3. The molecule has 32 heavy (non-hydrogen) atoms. The van der Waals surface area contributed by atoms with E-state index in [1.807, 2.05) is 44.1 Å². The van der Waals surface area contributed by atoms with Crippen molar-refractivity contribution in [1.29, 1.82) is 5.41 Å². The van der Waals surface area contributed by atoms with E-state index in [2.05, 4.69) is 14.9 Å². The molecular formula is C23H28N6O2S. The Bertz CT molecular complexity index is 1040. The van der Waals surface area contributed by atoms with Crippen molar-refractivity contribution in [3.8, 4) is 5.88 Å². The molecule has 3 heterocycles. The van der Waals surface area contributed by atoms with Gasteiger partial charge in [-0.3, -0.25) is 14.7 Å². The highest BCUT2D eigenvalue weighted by atomic mass is 32.1. The Labute approximate surface area is 193 Å². The quantitative estimate of drug-likeness (QED) is 0.374. The lowest BCUT2D eigenvalue weighted by molar-refractivity contribution is -0.123. The van der Waals surface area contributed by atoms with Gasteiger partial charge in [-0.25, -0.2) is 4.98 Å². The van der Waals surface area contributed by atoms with Crippen LogP contribution in [-0.4, -0.2) is 64.9 Å². The fourth-order valence-electron chi connectivity index (χ4n) is 4.20. The van der Waals surface area contributed by atoms with Crippen molar-refractivity contribution in [2.24, 2.45) is 0 Å². The maximum atomic E-state index is 13.5. The van der Waals surface area contributed by atoms with E-state index in [0.29, 0.717) is 29.0 Å². The fourth-order valence-corrected chi connectivity index (χ4v) is 4.67. The van der Waals surface area contributed by atoms with Gasteiger partial charge in [0.2, 0.25) is 5.88 Å². The lowest BCUT2D eigenvalue weighted by Gasteiger charge is -2.42. The molecule has 2 aromatic heterocycles. The Hall–Kier alpha value is -2.91. The molecule has 0 unspecified atom stereocenters. The molecule has 1 N–H and O–H groups in total. The highest BCUT2D eigenvalue weighted by Crippen LogP contribution is 2.47. The van der Waals surface area contributed by atoms with Crippen LogP contribution in [0.3, 0.4) is 0 Å². The second-order valence-corrected chi connectivity index (χ2v) is 8.91. The largest absolute Gasteiger partial charge is 0.478 e. The number of nitrogens with zero attached hydrogens (tertiary/aromatic N) is 5. The molecule has 2 aromatic rings. The maximum Gasteiger partial charge on any atom is 0.259 e. The van der Waals surface area contributed by atoms with Gasteiger partial charge in [0.25, 0.3) is 5.91 Å². The van der Waals surface area contributed by atoms with Crippen molar-refractivity contribution < 1.29 is 9.53 Å². The summed E-state index contributed by atoms with van der Waals surface area (Å²) in [6.45, 7) is 3.43. The first kappa shape index (κ1) is 22.3. The van der Waals surface area contributed by atoms with Gasteiger partial charge in [0.05, 0.1) is 36.1 Å². The van der Waals surface area contributed by atoms with Crippen LogP contribution < -0.4 is 14.5 Å². The Morgan fingerprint density at radius 1 is 1.25 bits per heavy atom. The van der Waals surface area contributed by atoms with E-state index in [-0.39, 0.29) is 5.91 Å². The van der Waals surface area contributed by atoms with Crippen molar-refractivity contribution in [3.05, 3.63) is 41.9 Å². The number of aromatic nitrogens is 2. The topological polar surface area (TPSA) is 85.7 Å². The van der Waals surface area contributed by atoms with Crippen LogP contribution >= 0.6 is 12.2 Å². The van der Waals surface area contributed by atoms with Gasteiger partial charge in [-0.15, -0.1) is 0 Å². The molecule has 168 valence electrons. The van der Waals surface area contributed by atoms with E-state index in [4.69, 9.17) is 22.4 Å². The van der Waals surface area contributed by atoms with Crippen molar-refractivity contribution >= 4 is 40.8 Å². The van der Waals surface area contributed by atoms with Crippen LogP contribution in [0.15, 0.2) is 30.6 Å². The number of amides is 1. The SMILES string of the molecule is Cc1cc(N2C(=O)C3(CCC3)N(c3ccc(OCCCN(C)C)nc3)C2=S)cnc1C=N. The first-order valence-corrected chi connectivity index (χ1v) is 11.2. The predicted molar refractivity (Wildman–Crippen MR) is 129 cm³/mol. The van der Waals surface area contributed by atoms with Gasteiger partial charge in [-0.2, -0.15) is 0 Å². The van der Waals surface area contributed by atoms with Crippen molar-refractivity contribution in [3.63, 3.8) is 0 Å². The number of hydrogen-bond donors (Lipinski definition) is 1. The normalized spacial score (nSPS) is 17.2. The smallest absolute Gasteiger partial charge is 0.259 e. The van der Waals surface area contributed by atoms with Crippen molar-refractivity contribution in [2.45, 2.75) is 38.1 Å². The Morgan fingerprint density at radius 2 is 2.00 bits per heavy atom. The summed E-state index contributed by atoms with van der Waals surface area (Å²) < 4.78 is 5.75. The molecule has 2 aliphatic rings. The summed E-state index contributed by atoms with van der Waals surface area (Å²) in [6.07, 6.45) is 7.93. The first-order valence-electron chi connectivity index (χ1n) is 10.8. The van der Waals surface area contributed by atoms with Gasteiger partial charge in [0.1, 0.15) is 5.54 Å². The average Bonchev–Trinajstić information content (AvgIpc) is 2.98. The monoisotopic (exact) mass is 452 g/mol. The third kappa shape index (κ3) is 3.86. The Kier molecular flexibility index (Phi) is 6.21. The number of nitrogens with one attached hydrogen (secondary N) is 1. The number of ether oxygens (including phenoxy) is 1. The Morgan fingerprint density at radius 3 is 2.56 bits per heavy atom. The summed E-state index contributed by atoms with van der Waals surface area (Å²) in [5, 5.41) is 7.89. The van der Waals surface area contributed by atoms with Crippen LogP contribution in [-0.2, 0) is 4.79 Å². The first-order chi connectivity index (χ1) is 15.4. The van der Waals surface area contributed by atoms with Crippen molar-refractivity contribution in [2.75, 3.05) is 37.0 Å². The molecule has 1 aliphatic carbocycles. The molecule has 1 aliphatic heterocycles. The summed E-state index contributed by atoms with van der Waals surface area (Å²) in [5.74, 6) is 0.534. The van der Waals surface area contributed by atoms with Crippen LogP contribution in [0.4, 0.5) is 11.4 Å². The number of hydrogen-bond acceptors (Lipinski definition) is 7. The highest BCUT2D eigenvalue weighted by molar-refractivity contribution is 7.81. The summed E-state index contributed by atoms with van der Waals surface area (Å²) in [7, 11) is 4.07. The summed E-state index contributed by atoms with van der Waals surface area (Å²) >= 11 is 5.79. The second kappa shape index (κ2) is 8.91. The van der Waals surface area contributed by atoms with E-state index < -0.39 is 5.54 Å².